The monoisotopic (exact) mass is 380 g/mol. The summed E-state index contributed by atoms with van der Waals surface area (Å²) in [6.45, 7) is 5.02. The van der Waals surface area contributed by atoms with Crippen LogP contribution in [-0.4, -0.2) is 50.7 Å². The number of nitrogens with zero attached hydrogens (tertiary/aromatic N) is 4. The van der Waals surface area contributed by atoms with Crippen molar-refractivity contribution in [1.82, 2.24) is 19.5 Å². The maximum Gasteiger partial charge on any atom is 0.257 e. The molecule has 0 unspecified atom stereocenters. The first-order chi connectivity index (χ1) is 13.7. The first-order valence-electron chi connectivity index (χ1n) is 9.65. The molecule has 0 spiro atoms. The highest BCUT2D eigenvalue weighted by molar-refractivity contribution is 5.97. The van der Waals surface area contributed by atoms with Crippen molar-refractivity contribution in [3.63, 3.8) is 0 Å². The molecule has 1 aromatic carbocycles. The van der Waals surface area contributed by atoms with Gasteiger partial charge in [0.2, 0.25) is 5.88 Å². The second kappa shape index (κ2) is 7.88. The molecular formula is C21H24N4O3. The molecule has 1 aliphatic rings. The molecule has 0 aliphatic carbocycles. The predicted octanol–water partition coefficient (Wildman–Crippen LogP) is 3.20. The van der Waals surface area contributed by atoms with Crippen molar-refractivity contribution in [3.05, 3.63) is 54.5 Å². The van der Waals surface area contributed by atoms with E-state index in [-0.39, 0.29) is 18.1 Å². The zero-order chi connectivity index (χ0) is 19.5. The minimum absolute atomic E-state index is 0.0274. The van der Waals surface area contributed by atoms with Gasteiger partial charge in [-0.1, -0.05) is 12.1 Å². The summed E-state index contributed by atoms with van der Waals surface area (Å²) in [6.07, 6.45) is 6.79. The Hall–Kier alpha value is -3.09. The third-order valence-corrected chi connectivity index (χ3v) is 5.08. The van der Waals surface area contributed by atoms with E-state index in [9.17, 15) is 4.79 Å². The van der Waals surface area contributed by atoms with Gasteiger partial charge < -0.3 is 14.4 Å². The molecule has 4 rings (SSSR count). The number of aromatic nitrogens is 3. The lowest BCUT2D eigenvalue weighted by molar-refractivity contribution is 0.0373. The molecule has 2 atom stereocenters. The van der Waals surface area contributed by atoms with Crippen molar-refractivity contribution >= 4 is 11.4 Å². The Kier molecular flexibility index (Phi) is 5.14. The highest BCUT2D eigenvalue weighted by atomic mass is 16.5. The normalized spacial score (nSPS) is 19.6. The molecule has 0 bridgehead atoms. The molecule has 1 amide bonds. The summed E-state index contributed by atoms with van der Waals surface area (Å²) in [4.78, 5) is 19.5. The number of amides is 1. The Bertz CT molecular complexity index is 971. The van der Waals surface area contributed by atoms with Gasteiger partial charge in [0.15, 0.2) is 0 Å². The highest BCUT2D eigenvalue weighted by Crippen LogP contribution is 2.27. The van der Waals surface area contributed by atoms with Gasteiger partial charge in [0.05, 0.1) is 24.9 Å². The minimum Gasteiger partial charge on any atom is -0.493 e. The molecule has 1 saturated heterocycles. The zero-order valence-corrected chi connectivity index (χ0v) is 16.1. The average molecular weight is 380 g/mol. The standard InChI is InChI=1S/C21H24N4O3/c1-3-27-19-7-5-4-6-17(19)21(26)24-14-16(9-8-15(24)2)28-20-18-10-11-23-25(18)13-12-22-20/h4-7,10-13,15-16H,3,8-9,14H2,1-2H3/t15-,16-/m1/s1. The van der Waals surface area contributed by atoms with Crippen LogP contribution in [0.4, 0.5) is 0 Å². The lowest BCUT2D eigenvalue weighted by Crippen LogP contribution is -2.49. The van der Waals surface area contributed by atoms with Crippen LogP contribution in [0.15, 0.2) is 48.9 Å². The summed E-state index contributed by atoms with van der Waals surface area (Å²) in [5.74, 6) is 1.14. The van der Waals surface area contributed by atoms with Crippen LogP contribution in [0.3, 0.4) is 0 Å². The van der Waals surface area contributed by atoms with Crippen molar-refractivity contribution in [3.8, 4) is 11.6 Å². The third-order valence-electron chi connectivity index (χ3n) is 5.08. The van der Waals surface area contributed by atoms with Crippen LogP contribution < -0.4 is 9.47 Å². The number of para-hydroxylation sites is 1. The Morgan fingerprint density at radius 1 is 1.21 bits per heavy atom. The number of piperidine rings is 1. The van der Waals surface area contributed by atoms with E-state index in [1.54, 1.807) is 23.1 Å². The number of benzene rings is 1. The van der Waals surface area contributed by atoms with E-state index >= 15 is 0 Å². The van der Waals surface area contributed by atoms with Crippen molar-refractivity contribution in [1.29, 1.82) is 0 Å². The van der Waals surface area contributed by atoms with Crippen LogP contribution in [-0.2, 0) is 0 Å². The van der Waals surface area contributed by atoms with E-state index in [0.29, 0.717) is 30.3 Å². The minimum atomic E-state index is -0.118. The van der Waals surface area contributed by atoms with Gasteiger partial charge in [-0.15, -0.1) is 0 Å². The van der Waals surface area contributed by atoms with E-state index in [0.717, 1.165) is 18.4 Å². The van der Waals surface area contributed by atoms with Crippen LogP contribution in [0, 0.1) is 0 Å². The Labute approximate surface area is 163 Å². The van der Waals surface area contributed by atoms with Crippen molar-refractivity contribution in [2.45, 2.75) is 38.8 Å². The van der Waals surface area contributed by atoms with E-state index in [1.807, 2.05) is 42.2 Å². The number of carbonyl (C=O) groups excluding carboxylic acids is 1. The van der Waals surface area contributed by atoms with Crippen LogP contribution >= 0.6 is 0 Å². The van der Waals surface area contributed by atoms with Crippen LogP contribution in [0.25, 0.3) is 5.52 Å². The maximum absolute atomic E-state index is 13.2. The quantitative estimate of drug-likeness (QED) is 0.680. The molecule has 28 heavy (non-hydrogen) atoms. The van der Waals surface area contributed by atoms with E-state index < -0.39 is 0 Å². The van der Waals surface area contributed by atoms with Gasteiger partial charge in [-0.2, -0.15) is 5.10 Å². The molecule has 3 aromatic rings. The van der Waals surface area contributed by atoms with Gasteiger partial charge in [0.1, 0.15) is 17.4 Å². The highest BCUT2D eigenvalue weighted by Gasteiger charge is 2.32. The van der Waals surface area contributed by atoms with Gasteiger partial charge in [-0.05, 0) is 44.9 Å². The van der Waals surface area contributed by atoms with Crippen LogP contribution in [0.1, 0.15) is 37.0 Å². The topological polar surface area (TPSA) is 69.0 Å². The predicted molar refractivity (Wildman–Crippen MR) is 105 cm³/mol. The molecular weight excluding hydrogens is 356 g/mol. The molecule has 0 radical (unpaired) electrons. The maximum atomic E-state index is 13.2. The number of rotatable bonds is 5. The number of hydrogen-bond donors (Lipinski definition) is 0. The zero-order valence-electron chi connectivity index (χ0n) is 16.1. The number of carbonyl (C=O) groups is 1. The fourth-order valence-corrected chi connectivity index (χ4v) is 3.61. The Balaban J connectivity index is 1.54. The molecule has 1 fully saturated rings. The fraction of sp³-hybridized carbons (Fsp3) is 0.381. The summed E-state index contributed by atoms with van der Waals surface area (Å²) in [5.41, 5.74) is 1.41. The molecule has 0 N–H and O–H groups in total. The largest absolute Gasteiger partial charge is 0.493 e. The summed E-state index contributed by atoms with van der Waals surface area (Å²) < 4.78 is 13.6. The van der Waals surface area contributed by atoms with Gasteiger partial charge in [0.25, 0.3) is 5.91 Å². The van der Waals surface area contributed by atoms with Crippen molar-refractivity contribution in [2.24, 2.45) is 0 Å². The summed E-state index contributed by atoms with van der Waals surface area (Å²) >= 11 is 0. The first kappa shape index (κ1) is 18.3. The Morgan fingerprint density at radius 2 is 2.07 bits per heavy atom. The molecule has 1 aliphatic heterocycles. The Morgan fingerprint density at radius 3 is 2.93 bits per heavy atom. The summed E-state index contributed by atoms with van der Waals surface area (Å²) in [7, 11) is 0. The molecule has 0 saturated carbocycles. The fourth-order valence-electron chi connectivity index (χ4n) is 3.61. The SMILES string of the molecule is CCOc1ccccc1C(=O)N1C[C@H](Oc2nccn3nccc23)CC[C@H]1C. The number of fused-ring (bicyclic) bond motifs is 1. The van der Waals surface area contributed by atoms with E-state index in [1.165, 1.54) is 0 Å². The van der Waals surface area contributed by atoms with Crippen molar-refractivity contribution < 1.29 is 14.3 Å². The second-order valence-corrected chi connectivity index (χ2v) is 6.95. The number of likely N-dealkylation sites (tertiary alicyclic amines) is 1. The summed E-state index contributed by atoms with van der Waals surface area (Å²) in [6, 6.07) is 9.41. The smallest absolute Gasteiger partial charge is 0.257 e. The molecule has 3 heterocycles. The van der Waals surface area contributed by atoms with Gasteiger partial charge in [0, 0.05) is 18.4 Å². The number of ether oxygens (including phenoxy) is 2. The van der Waals surface area contributed by atoms with Gasteiger partial charge in [-0.3, -0.25) is 4.79 Å². The third kappa shape index (κ3) is 3.52. The van der Waals surface area contributed by atoms with Gasteiger partial charge >= 0.3 is 0 Å². The average Bonchev–Trinajstić information content (AvgIpc) is 3.19. The van der Waals surface area contributed by atoms with Gasteiger partial charge in [-0.25, -0.2) is 9.50 Å². The molecule has 2 aromatic heterocycles. The van der Waals surface area contributed by atoms with Crippen molar-refractivity contribution in [2.75, 3.05) is 13.2 Å². The molecule has 146 valence electrons. The van der Waals surface area contributed by atoms with Crippen LogP contribution in [0.5, 0.6) is 11.6 Å². The van der Waals surface area contributed by atoms with E-state index in [2.05, 4.69) is 17.0 Å². The first-order valence-corrected chi connectivity index (χ1v) is 9.65. The van der Waals surface area contributed by atoms with Crippen LogP contribution in [0.2, 0.25) is 0 Å². The molecule has 7 heteroatoms. The lowest BCUT2D eigenvalue weighted by atomic mass is 9.99. The molecule has 7 nitrogen and oxygen atoms in total. The van der Waals surface area contributed by atoms with E-state index in [4.69, 9.17) is 9.47 Å². The lowest BCUT2D eigenvalue weighted by Gasteiger charge is -2.38. The number of hydrogen-bond acceptors (Lipinski definition) is 5. The second-order valence-electron chi connectivity index (χ2n) is 6.95. The summed E-state index contributed by atoms with van der Waals surface area (Å²) in [5, 5.41) is 4.21.